The first-order valence-electron chi connectivity index (χ1n) is 12.5. The fourth-order valence-electron chi connectivity index (χ4n) is 4.25. The van der Waals surface area contributed by atoms with Crippen LogP contribution >= 0.6 is 0 Å². The second kappa shape index (κ2) is 11.5. The van der Waals surface area contributed by atoms with Gasteiger partial charge in [0.05, 0.1) is 6.42 Å². The molecule has 0 bridgehead atoms. The lowest BCUT2D eigenvalue weighted by Gasteiger charge is -2.35. The zero-order chi connectivity index (χ0) is 28.2. The molecule has 2 aromatic rings. The molecule has 10 nitrogen and oxygen atoms in total. The quantitative estimate of drug-likeness (QED) is 0.395. The van der Waals surface area contributed by atoms with Gasteiger partial charge in [-0.2, -0.15) is 0 Å². The number of carbonyl (C=O) groups excluding carboxylic acids is 4. The highest BCUT2D eigenvalue weighted by atomic mass is 16.6. The van der Waals surface area contributed by atoms with Crippen molar-refractivity contribution in [2.24, 2.45) is 11.7 Å². The summed E-state index contributed by atoms with van der Waals surface area (Å²) in [7, 11) is 0. The SMILES string of the molecule is Cc1ccccc1NC(=O)C(c1cccc(O)c1)N(C(=O)C(CC(N)=O)NC(=O)OC(C)(C)C)C1CC1C. The van der Waals surface area contributed by atoms with Crippen LogP contribution in [0.5, 0.6) is 5.75 Å². The number of carbonyl (C=O) groups is 4. The minimum Gasteiger partial charge on any atom is -0.508 e. The third-order valence-electron chi connectivity index (χ3n) is 6.19. The molecule has 4 unspecified atom stereocenters. The van der Waals surface area contributed by atoms with Gasteiger partial charge < -0.3 is 31.1 Å². The van der Waals surface area contributed by atoms with Gasteiger partial charge in [-0.05, 0) is 69.4 Å². The third-order valence-corrected chi connectivity index (χ3v) is 6.19. The molecule has 1 aliphatic carbocycles. The van der Waals surface area contributed by atoms with Crippen molar-refractivity contribution in [1.29, 1.82) is 0 Å². The Kier molecular flexibility index (Phi) is 8.65. The number of benzene rings is 2. The molecule has 1 aliphatic rings. The van der Waals surface area contributed by atoms with Gasteiger partial charge >= 0.3 is 6.09 Å². The number of anilines is 1. The Morgan fingerprint density at radius 2 is 1.79 bits per heavy atom. The molecule has 0 spiro atoms. The lowest BCUT2D eigenvalue weighted by Crippen LogP contribution is -2.54. The topological polar surface area (TPSA) is 151 Å². The van der Waals surface area contributed by atoms with Crippen molar-refractivity contribution in [2.75, 3.05) is 5.32 Å². The van der Waals surface area contributed by atoms with E-state index in [1.807, 2.05) is 26.0 Å². The monoisotopic (exact) mass is 524 g/mol. The van der Waals surface area contributed by atoms with Crippen LogP contribution in [0, 0.1) is 12.8 Å². The van der Waals surface area contributed by atoms with Crippen LogP contribution in [-0.2, 0) is 19.1 Å². The van der Waals surface area contributed by atoms with Gasteiger partial charge in [0.1, 0.15) is 23.4 Å². The molecule has 38 heavy (non-hydrogen) atoms. The van der Waals surface area contributed by atoms with Crippen LogP contribution in [-0.4, -0.2) is 51.5 Å². The summed E-state index contributed by atoms with van der Waals surface area (Å²) in [5, 5.41) is 15.5. The number of amides is 4. The predicted molar refractivity (Wildman–Crippen MR) is 142 cm³/mol. The van der Waals surface area contributed by atoms with E-state index in [2.05, 4.69) is 10.6 Å². The average molecular weight is 525 g/mol. The molecular formula is C28H36N4O6. The standard InChI is InChI=1S/C28H36N4O6/c1-16-9-6-7-12-20(16)30-25(35)24(18-10-8-11-19(33)14-18)32(22-13-17(22)2)26(36)21(15-23(29)34)31-27(37)38-28(3,4)5/h6-12,14,17,21-22,24,33H,13,15H2,1-5H3,(H2,29,34)(H,30,35)(H,31,37). The van der Waals surface area contributed by atoms with E-state index >= 15 is 0 Å². The Morgan fingerprint density at radius 1 is 1.13 bits per heavy atom. The largest absolute Gasteiger partial charge is 0.508 e. The summed E-state index contributed by atoms with van der Waals surface area (Å²) < 4.78 is 5.29. The second-order valence-corrected chi connectivity index (χ2v) is 10.7. The summed E-state index contributed by atoms with van der Waals surface area (Å²) in [6.45, 7) is 8.79. The van der Waals surface area contributed by atoms with E-state index in [4.69, 9.17) is 10.5 Å². The van der Waals surface area contributed by atoms with Crippen LogP contribution in [0.15, 0.2) is 48.5 Å². The number of rotatable bonds is 9. The predicted octanol–water partition coefficient (Wildman–Crippen LogP) is 3.39. The maximum absolute atomic E-state index is 14.0. The van der Waals surface area contributed by atoms with Gasteiger partial charge in [-0.1, -0.05) is 37.3 Å². The highest BCUT2D eigenvalue weighted by Crippen LogP contribution is 2.41. The van der Waals surface area contributed by atoms with Crippen molar-refractivity contribution >= 4 is 29.5 Å². The number of phenols is 1. The molecule has 4 atom stereocenters. The van der Waals surface area contributed by atoms with Gasteiger partial charge in [-0.25, -0.2) is 4.79 Å². The van der Waals surface area contributed by atoms with Crippen molar-refractivity contribution in [3.63, 3.8) is 0 Å². The fraction of sp³-hybridized carbons (Fsp3) is 0.429. The number of nitrogens with two attached hydrogens (primary N) is 1. The van der Waals surface area contributed by atoms with Crippen LogP contribution < -0.4 is 16.4 Å². The van der Waals surface area contributed by atoms with Gasteiger partial charge in [-0.3, -0.25) is 14.4 Å². The van der Waals surface area contributed by atoms with Crippen molar-refractivity contribution in [3.05, 3.63) is 59.7 Å². The van der Waals surface area contributed by atoms with Crippen LogP contribution in [0.25, 0.3) is 0 Å². The van der Waals surface area contributed by atoms with Crippen LogP contribution in [0.3, 0.4) is 0 Å². The van der Waals surface area contributed by atoms with Crippen LogP contribution in [0.1, 0.15) is 57.7 Å². The van der Waals surface area contributed by atoms with E-state index in [0.717, 1.165) is 5.56 Å². The molecule has 204 valence electrons. The highest BCUT2D eigenvalue weighted by molar-refractivity contribution is 6.00. The van der Waals surface area contributed by atoms with Gasteiger partial charge in [0.25, 0.3) is 5.91 Å². The number of nitrogens with one attached hydrogen (secondary N) is 2. The third kappa shape index (κ3) is 7.47. The van der Waals surface area contributed by atoms with Gasteiger partial charge in [0.2, 0.25) is 11.8 Å². The summed E-state index contributed by atoms with van der Waals surface area (Å²) in [6, 6.07) is 10.5. The maximum Gasteiger partial charge on any atom is 0.408 e. The van der Waals surface area contributed by atoms with Gasteiger partial charge in [0.15, 0.2) is 0 Å². The molecule has 5 N–H and O–H groups in total. The molecule has 3 rings (SSSR count). The molecule has 4 amide bonds. The van der Waals surface area contributed by atoms with E-state index < -0.39 is 47.9 Å². The summed E-state index contributed by atoms with van der Waals surface area (Å²) in [5.41, 5.74) is 6.35. The lowest BCUT2D eigenvalue weighted by molar-refractivity contribution is -0.142. The number of nitrogens with zero attached hydrogens (tertiary/aromatic N) is 1. The zero-order valence-corrected chi connectivity index (χ0v) is 22.4. The minimum absolute atomic E-state index is 0.0702. The second-order valence-electron chi connectivity index (χ2n) is 10.7. The van der Waals surface area contributed by atoms with Crippen LogP contribution in [0.4, 0.5) is 10.5 Å². The normalized spacial score (nSPS) is 18.0. The van der Waals surface area contributed by atoms with E-state index in [9.17, 15) is 24.3 Å². The number of hydrogen-bond acceptors (Lipinski definition) is 6. The van der Waals surface area contributed by atoms with Gasteiger partial charge in [-0.15, -0.1) is 0 Å². The number of primary amides is 1. The molecule has 0 heterocycles. The maximum atomic E-state index is 14.0. The zero-order valence-electron chi connectivity index (χ0n) is 22.4. The number of ether oxygens (including phenoxy) is 1. The van der Waals surface area contributed by atoms with E-state index in [-0.39, 0.29) is 17.7 Å². The summed E-state index contributed by atoms with van der Waals surface area (Å²) in [5.74, 6) is -1.97. The number of hydrogen-bond donors (Lipinski definition) is 4. The fourth-order valence-corrected chi connectivity index (χ4v) is 4.25. The first-order chi connectivity index (χ1) is 17.8. The lowest BCUT2D eigenvalue weighted by atomic mass is 10.0. The van der Waals surface area contributed by atoms with Crippen LogP contribution in [0.2, 0.25) is 0 Å². The summed E-state index contributed by atoms with van der Waals surface area (Å²) in [4.78, 5) is 53.7. The molecule has 1 fully saturated rings. The smallest absolute Gasteiger partial charge is 0.408 e. The Labute approximate surface area is 222 Å². The van der Waals surface area contributed by atoms with Crippen molar-refractivity contribution in [1.82, 2.24) is 10.2 Å². The summed E-state index contributed by atoms with van der Waals surface area (Å²) >= 11 is 0. The highest BCUT2D eigenvalue weighted by Gasteiger charge is 2.48. The molecule has 0 saturated heterocycles. The molecule has 1 saturated carbocycles. The Balaban J connectivity index is 2.04. The number of phenolic OH excluding ortho intramolecular Hbond substituents is 1. The van der Waals surface area contributed by atoms with E-state index in [1.54, 1.807) is 45.0 Å². The van der Waals surface area contributed by atoms with E-state index in [0.29, 0.717) is 17.7 Å². The minimum atomic E-state index is -1.36. The average Bonchev–Trinajstić information content (AvgIpc) is 3.52. The van der Waals surface area contributed by atoms with Crippen molar-refractivity contribution in [3.8, 4) is 5.75 Å². The molecular weight excluding hydrogens is 488 g/mol. The van der Waals surface area contributed by atoms with Crippen molar-refractivity contribution in [2.45, 2.75) is 71.2 Å². The Morgan fingerprint density at radius 3 is 2.34 bits per heavy atom. The van der Waals surface area contributed by atoms with Crippen molar-refractivity contribution < 1.29 is 29.0 Å². The van der Waals surface area contributed by atoms with Gasteiger partial charge in [0, 0.05) is 11.7 Å². The molecule has 10 heteroatoms. The summed E-state index contributed by atoms with van der Waals surface area (Å²) in [6.07, 6.45) is -0.754. The number of aryl methyl sites for hydroxylation is 1. The number of aromatic hydroxyl groups is 1. The molecule has 0 aromatic heterocycles. The first-order valence-corrected chi connectivity index (χ1v) is 12.5. The molecule has 0 aliphatic heterocycles. The molecule has 0 radical (unpaired) electrons. The first kappa shape index (κ1) is 28.5. The Bertz CT molecular complexity index is 1210. The number of para-hydroxylation sites is 1. The molecule has 2 aromatic carbocycles. The number of alkyl carbamates (subject to hydrolysis) is 1. The Hall–Kier alpha value is -4.08. The van der Waals surface area contributed by atoms with E-state index in [1.165, 1.54) is 17.0 Å².